The fraction of sp³-hybridized carbons (Fsp3) is 0.368. The number of carbonyl (C=O) groups excluding carboxylic acids is 1. The number of carbonyl (C=O) groups is 2. The number of amides is 1. The monoisotopic (exact) mass is 359 g/mol. The van der Waals surface area contributed by atoms with Crippen molar-refractivity contribution in [3.63, 3.8) is 0 Å². The van der Waals surface area contributed by atoms with Gasteiger partial charge in [0.05, 0.1) is 10.4 Å². The first-order valence-corrected chi connectivity index (χ1v) is 9.13. The van der Waals surface area contributed by atoms with E-state index in [1.807, 2.05) is 0 Å². The molecule has 0 aliphatic carbocycles. The second-order valence-corrected chi connectivity index (χ2v) is 7.36. The standard InChI is InChI=1S/C19H21NO4S/c1-13-2-4-15(5-3-13)19(6-8-24-9-7-19)12-20-17(21)16-10-14(11-25-16)18(22)23/h2-5,10-11H,6-9,12H2,1H3,(H,20,21)(H,22,23). The molecule has 25 heavy (non-hydrogen) atoms. The lowest BCUT2D eigenvalue weighted by molar-refractivity contribution is 0.0487. The zero-order valence-electron chi connectivity index (χ0n) is 14.1. The average molecular weight is 359 g/mol. The molecule has 2 heterocycles. The summed E-state index contributed by atoms with van der Waals surface area (Å²) in [5.41, 5.74) is 2.41. The maximum atomic E-state index is 12.4. The van der Waals surface area contributed by atoms with Crippen molar-refractivity contribution in [1.82, 2.24) is 5.32 Å². The molecule has 2 aromatic rings. The Morgan fingerprint density at radius 1 is 1.24 bits per heavy atom. The summed E-state index contributed by atoms with van der Waals surface area (Å²) in [7, 11) is 0. The van der Waals surface area contributed by atoms with Crippen LogP contribution in [0.2, 0.25) is 0 Å². The molecule has 5 nitrogen and oxygen atoms in total. The summed E-state index contributed by atoms with van der Waals surface area (Å²) in [6.07, 6.45) is 1.70. The van der Waals surface area contributed by atoms with Crippen LogP contribution in [0.4, 0.5) is 0 Å². The van der Waals surface area contributed by atoms with Crippen LogP contribution in [0.1, 0.15) is 44.0 Å². The molecule has 1 amide bonds. The molecule has 1 aliphatic heterocycles. The zero-order valence-corrected chi connectivity index (χ0v) is 14.9. The van der Waals surface area contributed by atoms with Gasteiger partial charge in [0.15, 0.2) is 0 Å². The second-order valence-electron chi connectivity index (χ2n) is 6.45. The number of aryl methyl sites for hydroxylation is 1. The van der Waals surface area contributed by atoms with Crippen LogP contribution in [0.3, 0.4) is 0 Å². The minimum absolute atomic E-state index is 0.144. The van der Waals surface area contributed by atoms with E-state index in [1.54, 1.807) is 0 Å². The number of hydrogen-bond donors (Lipinski definition) is 2. The summed E-state index contributed by atoms with van der Waals surface area (Å²) in [4.78, 5) is 23.8. The molecule has 0 radical (unpaired) electrons. The summed E-state index contributed by atoms with van der Waals surface area (Å²) in [6.45, 7) is 3.91. The molecule has 1 aromatic carbocycles. The quantitative estimate of drug-likeness (QED) is 0.859. The highest BCUT2D eigenvalue weighted by Gasteiger charge is 2.35. The van der Waals surface area contributed by atoms with Crippen molar-refractivity contribution in [3.05, 3.63) is 57.3 Å². The number of carboxylic acids is 1. The first kappa shape index (κ1) is 17.6. The number of rotatable bonds is 5. The van der Waals surface area contributed by atoms with Crippen LogP contribution < -0.4 is 5.32 Å². The number of thiophene rings is 1. The largest absolute Gasteiger partial charge is 0.478 e. The van der Waals surface area contributed by atoms with Crippen LogP contribution >= 0.6 is 11.3 Å². The van der Waals surface area contributed by atoms with Crippen molar-refractivity contribution in [3.8, 4) is 0 Å². The van der Waals surface area contributed by atoms with Crippen molar-refractivity contribution < 1.29 is 19.4 Å². The molecular formula is C19H21NO4S. The van der Waals surface area contributed by atoms with Crippen LogP contribution in [0.25, 0.3) is 0 Å². The van der Waals surface area contributed by atoms with E-state index in [0.29, 0.717) is 24.6 Å². The fourth-order valence-corrected chi connectivity index (χ4v) is 3.94. The molecular weight excluding hydrogens is 338 g/mol. The summed E-state index contributed by atoms with van der Waals surface area (Å²) in [5.74, 6) is -1.24. The van der Waals surface area contributed by atoms with Crippen LogP contribution in [-0.4, -0.2) is 36.7 Å². The Morgan fingerprint density at radius 3 is 2.52 bits per heavy atom. The Morgan fingerprint density at radius 2 is 1.92 bits per heavy atom. The van der Waals surface area contributed by atoms with Gasteiger partial charge in [-0.1, -0.05) is 29.8 Å². The van der Waals surface area contributed by atoms with Crippen molar-refractivity contribution in [1.29, 1.82) is 0 Å². The van der Waals surface area contributed by atoms with E-state index >= 15 is 0 Å². The third-order valence-electron chi connectivity index (χ3n) is 4.77. The van der Waals surface area contributed by atoms with Crippen molar-refractivity contribution in [2.45, 2.75) is 25.2 Å². The van der Waals surface area contributed by atoms with Crippen LogP contribution in [0.15, 0.2) is 35.7 Å². The second kappa shape index (κ2) is 7.37. The van der Waals surface area contributed by atoms with Gasteiger partial charge < -0.3 is 15.2 Å². The van der Waals surface area contributed by atoms with Crippen molar-refractivity contribution in [2.24, 2.45) is 0 Å². The van der Waals surface area contributed by atoms with E-state index in [0.717, 1.165) is 24.2 Å². The highest BCUT2D eigenvalue weighted by Crippen LogP contribution is 2.34. The zero-order chi connectivity index (χ0) is 17.9. The molecule has 1 saturated heterocycles. The van der Waals surface area contributed by atoms with Crippen molar-refractivity contribution in [2.75, 3.05) is 19.8 Å². The molecule has 2 N–H and O–H groups in total. The van der Waals surface area contributed by atoms with Crippen LogP contribution in [0, 0.1) is 6.92 Å². The third-order valence-corrected chi connectivity index (χ3v) is 5.70. The van der Waals surface area contributed by atoms with Gasteiger partial charge in [-0.3, -0.25) is 4.79 Å². The number of ether oxygens (including phenoxy) is 1. The first-order valence-electron chi connectivity index (χ1n) is 8.25. The summed E-state index contributed by atoms with van der Waals surface area (Å²) in [5, 5.41) is 13.5. The Balaban J connectivity index is 1.75. The molecule has 0 bridgehead atoms. The number of benzene rings is 1. The summed E-state index contributed by atoms with van der Waals surface area (Å²) >= 11 is 1.15. The van der Waals surface area contributed by atoms with E-state index in [4.69, 9.17) is 9.84 Å². The third kappa shape index (κ3) is 3.91. The maximum Gasteiger partial charge on any atom is 0.336 e. The molecule has 1 aliphatic rings. The molecule has 6 heteroatoms. The van der Waals surface area contributed by atoms with Gasteiger partial charge in [-0.25, -0.2) is 4.79 Å². The summed E-state index contributed by atoms with van der Waals surface area (Å²) in [6, 6.07) is 9.85. The Bertz CT molecular complexity index is 760. The Labute approximate surface area is 150 Å². The van der Waals surface area contributed by atoms with Gasteiger partial charge in [0.25, 0.3) is 5.91 Å². The first-order chi connectivity index (χ1) is 12.0. The lowest BCUT2D eigenvalue weighted by Gasteiger charge is -2.38. The average Bonchev–Trinajstić information content (AvgIpc) is 3.12. The molecule has 0 spiro atoms. The summed E-state index contributed by atoms with van der Waals surface area (Å²) < 4.78 is 5.52. The minimum atomic E-state index is -1.02. The molecule has 1 fully saturated rings. The minimum Gasteiger partial charge on any atom is -0.478 e. The Hall–Kier alpha value is -2.18. The predicted octanol–water partition coefficient (Wildman–Crippen LogP) is 3.23. The van der Waals surface area contributed by atoms with Gasteiger partial charge in [0.1, 0.15) is 0 Å². The van der Waals surface area contributed by atoms with Gasteiger partial charge in [-0.2, -0.15) is 0 Å². The SMILES string of the molecule is Cc1ccc(C2(CNC(=O)c3cc(C(=O)O)cs3)CCOCC2)cc1. The maximum absolute atomic E-state index is 12.4. The van der Waals surface area contributed by atoms with Crippen LogP contribution in [0.5, 0.6) is 0 Å². The number of aromatic carboxylic acids is 1. The molecule has 1 aromatic heterocycles. The highest BCUT2D eigenvalue weighted by atomic mass is 32.1. The van der Waals surface area contributed by atoms with Gasteiger partial charge in [-0.05, 0) is 31.4 Å². The van der Waals surface area contributed by atoms with Gasteiger partial charge in [0.2, 0.25) is 0 Å². The van der Waals surface area contributed by atoms with E-state index in [2.05, 4.69) is 36.5 Å². The van der Waals surface area contributed by atoms with E-state index in [9.17, 15) is 9.59 Å². The lowest BCUT2D eigenvalue weighted by atomic mass is 9.74. The van der Waals surface area contributed by atoms with Crippen molar-refractivity contribution >= 4 is 23.2 Å². The smallest absolute Gasteiger partial charge is 0.336 e. The molecule has 3 rings (SSSR count). The topological polar surface area (TPSA) is 75.6 Å². The van der Waals surface area contributed by atoms with Crippen LogP contribution in [-0.2, 0) is 10.2 Å². The lowest BCUT2D eigenvalue weighted by Crippen LogP contribution is -2.44. The normalized spacial score (nSPS) is 16.4. The fourth-order valence-electron chi connectivity index (χ4n) is 3.14. The molecule has 132 valence electrons. The number of nitrogens with one attached hydrogen (secondary N) is 1. The van der Waals surface area contributed by atoms with Gasteiger partial charge >= 0.3 is 5.97 Å². The Kier molecular flexibility index (Phi) is 5.20. The number of hydrogen-bond acceptors (Lipinski definition) is 4. The highest BCUT2D eigenvalue weighted by molar-refractivity contribution is 7.12. The van der Waals surface area contributed by atoms with E-state index in [-0.39, 0.29) is 16.9 Å². The number of carboxylic acid groups (broad SMARTS) is 1. The molecule has 0 saturated carbocycles. The van der Waals surface area contributed by atoms with Gasteiger partial charge in [-0.15, -0.1) is 11.3 Å². The van der Waals surface area contributed by atoms with E-state index in [1.165, 1.54) is 22.6 Å². The van der Waals surface area contributed by atoms with Gasteiger partial charge in [0, 0.05) is 30.6 Å². The predicted molar refractivity (Wildman–Crippen MR) is 96.5 cm³/mol. The molecule has 0 atom stereocenters. The van der Waals surface area contributed by atoms with E-state index < -0.39 is 5.97 Å². The molecule has 0 unspecified atom stereocenters.